The molecule has 2 aromatic rings. The zero-order valence-corrected chi connectivity index (χ0v) is 14.5. The Balaban J connectivity index is 1.91. The van der Waals surface area contributed by atoms with Crippen LogP contribution in [0, 0.1) is 0 Å². The summed E-state index contributed by atoms with van der Waals surface area (Å²) in [5, 5.41) is 0. The smallest absolute Gasteiger partial charge is 0.406 e. The molecule has 1 heterocycles. The molecule has 0 aliphatic heterocycles. The first-order valence-corrected chi connectivity index (χ1v) is 8.17. The van der Waals surface area contributed by atoms with Gasteiger partial charge < -0.3 is 9.64 Å². The third-order valence-corrected chi connectivity index (χ3v) is 4.57. The van der Waals surface area contributed by atoms with Crippen molar-refractivity contribution in [3.63, 3.8) is 0 Å². The lowest BCUT2D eigenvalue weighted by Crippen LogP contribution is -2.27. The summed E-state index contributed by atoms with van der Waals surface area (Å²) >= 11 is 4.91. The zero-order valence-electron chi connectivity index (χ0n) is 12.1. The Morgan fingerprint density at radius 1 is 1.22 bits per heavy atom. The number of nitrogens with zero attached hydrogens (tertiary/aromatic N) is 1. The molecule has 0 spiro atoms. The molecule has 23 heavy (non-hydrogen) atoms. The summed E-state index contributed by atoms with van der Waals surface area (Å²) < 4.78 is 41.0. The maximum Gasteiger partial charge on any atom is 0.573 e. The van der Waals surface area contributed by atoms with Gasteiger partial charge in [0.1, 0.15) is 5.75 Å². The summed E-state index contributed by atoms with van der Waals surface area (Å²) in [5.41, 5.74) is 0.628. The van der Waals surface area contributed by atoms with Crippen LogP contribution in [0.5, 0.6) is 5.75 Å². The molecular weight excluding hydrogens is 395 g/mol. The summed E-state index contributed by atoms with van der Waals surface area (Å²) in [6.07, 6.45) is -4.60. The van der Waals surface area contributed by atoms with Gasteiger partial charge in [0.2, 0.25) is 5.91 Å². The highest BCUT2D eigenvalue weighted by Gasteiger charge is 2.30. The van der Waals surface area contributed by atoms with E-state index < -0.39 is 6.36 Å². The van der Waals surface area contributed by atoms with Crippen LogP contribution in [0.1, 0.15) is 10.4 Å². The maximum absolute atomic E-state index is 12.1. The number of carbonyl (C=O) groups is 1. The van der Waals surface area contributed by atoms with Crippen LogP contribution in [-0.2, 0) is 17.8 Å². The number of benzene rings is 1. The van der Waals surface area contributed by atoms with Gasteiger partial charge >= 0.3 is 6.36 Å². The summed E-state index contributed by atoms with van der Waals surface area (Å²) in [5.74, 6) is -0.412. The Morgan fingerprint density at radius 2 is 1.87 bits per heavy atom. The van der Waals surface area contributed by atoms with Gasteiger partial charge in [-0.25, -0.2) is 0 Å². The molecule has 0 radical (unpaired) electrons. The van der Waals surface area contributed by atoms with Crippen LogP contribution in [0.4, 0.5) is 13.2 Å². The number of hydrogen-bond donors (Lipinski definition) is 0. The molecule has 3 nitrogen and oxygen atoms in total. The molecule has 0 fully saturated rings. The van der Waals surface area contributed by atoms with E-state index >= 15 is 0 Å². The van der Waals surface area contributed by atoms with Crippen molar-refractivity contribution in [3.05, 3.63) is 50.6 Å². The van der Waals surface area contributed by atoms with Gasteiger partial charge in [-0.3, -0.25) is 4.79 Å². The molecule has 0 aliphatic carbocycles. The number of thiophene rings is 1. The van der Waals surface area contributed by atoms with Gasteiger partial charge in [0.15, 0.2) is 0 Å². The number of alkyl halides is 3. The number of carbonyl (C=O) groups excluding carboxylic acids is 1. The van der Waals surface area contributed by atoms with Crippen LogP contribution >= 0.6 is 27.3 Å². The van der Waals surface area contributed by atoms with Crippen LogP contribution in [0.15, 0.2) is 40.2 Å². The minimum Gasteiger partial charge on any atom is -0.406 e. The molecule has 0 aliphatic rings. The topological polar surface area (TPSA) is 29.5 Å². The maximum atomic E-state index is 12.1. The molecule has 124 valence electrons. The second-order valence-corrected chi connectivity index (χ2v) is 7.37. The highest BCUT2D eigenvalue weighted by Crippen LogP contribution is 2.24. The predicted octanol–water partition coefficient (Wildman–Crippen LogP) is 4.61. The minimum absolute atomic E-state index is 0.112. The second kappa shape index (κ2) is 7.35. The molecule has 1 aromatic heterocycles. The largest absolute Gasteiger partial charge is 0.573 e. The van der Waals surface area contributed by atoms with Gasteiger partial charge in [0.25, 0.3) is 0 Å². The van der Waals surface area contributed by atoms with E-state index in [1.807, 2.05) is 12.1 Å². The average molecular weight is 408 g/mol. The minimum atomic E-state index is -4.72. The van der Waals surface area contributed by atoms with E-state index in [9.17, 15) is 18.0 Å². The molecule has 8 heteroatoms. The number of ether oxygens (including phenoxy) is 1. The lowest BCUT2D eigenvalue weighted by Gasteiger charge is -2.16. The first kappa shape index (κ1) is 17.8. The molecule has 0 atom stereocenters. The average Bonchev–Trinajstić information content (AvgIpc) is 2.84. The molecule has 1 amide bonds. The first-order valence-electron chi connectivity index (χ1n) is 6.56. The summed E-state index contributed by atoms with van der Waals surface area (Å²) in [4.78, 5) is 14.8. The van der Waals surface area contributed by atoms with Crippen molar-refractivity contribution in [2.45, 2.75) is 19.3 Å². The Labute approximate surface area is 143 Å². The van der Waals surface area contributed by atoms with Crippen molar-refractivity contribution in [1.29, 1.82) is 0 Å². The highest BCUT2D eigenvalue weighted by molar-refractivity contribution is 9.11. The van der Waals surface area contributed by atoms with Gasteiger partial charge in [-0.2, -0.15) is 0 Å². The fraction of sp³-hybridized carbons (Fsp3) is 0.267. The fourth-order valence-electron chi connectivity index (χ4n) is 1.88. The van der Waals surface area contributed by atoms with Gasteiger partial charge in [-0.1, -0.05) is 12.1 Å². The molecule has 0 saturated carbocycles. The van der Waals surface area contributed by atoms with Crippen LogP contribution < -0.4 is 4.74 Å². The first-order chi connectivity index (χ1) is 10.7. The second-order valence-electron chi connectivity index (χ2n) is 4.82. The Morgan fingerprint density at radius 3 is 2.39 bits per heavy atom. The Hall–Kier alpha value is -1.54. The van der Waals surface area contributed by atoms with E-state index in [0.717, 1.165) is 8.66 Å². The highest BCUT2D eigenvalue weighted by atomic mass is 79.9. The number of amides is 1. The van der Waals surface area contributed by atoms with Crippen molar-refractivity contribution < 1.29 is 22.7 Å². The number of likely N-dealkylation sites (N-methyl/N-ethyl adjacent to an activating group) is 1. The molecule has 0 unspecified atom stereocenters. The van der Waals surface area contributed by atoms with Crippen LogP contribution in [0.2, 0.25) is 0 Å². The zero-order chi connectivity index (χ0) is 17.0. The monoisotopic (exact) mass is 407 g/mol. The fourth-order valence-corrected chi connectivity index (χ4v) is 3.41. The molecule has 1 aromatic carbocycles. The van der Waals surface area contributed by atoms with E-state index in [-0.39, 0.29) is 18.1 Å². The van der Waals surface area contributed by atoms with E-state index in [1.165, 1.54) is 24.3 Å². The van der Waals surface area contributed by atoms with E-state index in [0.29, 0.717) is 12.1 Å². The lowest BCUT2D eigenvalue weighted by atomic mass is 10.1. The van der Waals surface area contributed by atoms with E-state index in [1.54, 1.807) is 23.3 Å². The normalized spacial score (nSPS) is 11.3. The van der Waals surface area contributed by atoms with E-state index in [4.69, 9.17) is 0 Å². The molecular formula is C15H13BrF3NO2S. The van der Waals surface area contributed by atoms with Crippen LogP contribution in [0.25, 0.3) is 0 Å². The number of hydrogen-bond acceptors (Lipinski definition) is 3. The van der Waals surface area contributed by atoms with Gasteiger partial charge in [0.05, 0.1) is 16.8 Å². The summed E-state index contributed by atoms with van der Waals surface area (Å²) in [6.45, 7) is 0.490. The Bertz CT molecular complexity index is 670. The van der Waals surface area contributed by atoms with Crippen molar-refractivity contribution in [3.8, 4) is 5.75 Å². The Kier molecular flexibility index (Phi) is 5.69. The SMILES string of the molecule is CN(Cc1ccc(Br)s1)C(=O)Cc1ccc(OC(F)(F)F)cc1. The van der Waals surface area contributed by atoms with Gasteiger partial charge in [-0.15, -0.1) is 24.5 Å². The van der Waals surface area contributed by atoms with Crippen molar-refractivity contribution in [2.75, 3.05) is 7.05 Å². The third kappa shape index (κ3) is 5.87. The molecule has 0 saturated heterocycles. The molecule has 2 rings (SSSR count). The van der Waals surface area contributed by atoms with Gasteiger partial charge in [0, 0.05) is 11.9 Å². The quantitative estimate of drug-likeness (QED) is 0.723. The summed E-state index contributed by atoms with van der Waals surface area (Å²) in [7, 11) is 1.69. The van der Waals surface area contributed by atoms with Crippen LogP contribution in [-0.4, -0.2) is 24.2 Å². The van der Waals surface area contributed by atoms with Crippen molar-refractivity contribution in [2.24, 2.45) is 0 Å². The van der Waals surface area contributed by atoms with Crippen LogP contribution in [0.3, 0.4) is 0 Å². The number of halogens is 4. The predicted molar refractivity (Wildman–Crippen MR) is 85.3 cm³/mol. The molecule has 0 bridgehead atoms. The standard InChI is InChI=1S/C15H13BrF3NO2S/c1-20(9-12-6-7-13(16)23-12)14(21)8-10-2-4-11(5-3-10)22-15(17,18)19/h2-7H,8-9H2,1H3. The third-order valence-electron chi connectivity index (χ3n) is 2.96. The van der Waals surface area contributed by atoms with Crippen molar-refractivity contribution in [1.82, 2.24) is 4.90 Å². The summed E-state index contributed by atoms with van der Waals surface area (Å²) in [6, 6.07) is 9.15. The van der Waals surface area contributed by atoms with E-state index in [2.05, 4.69) is 20.7 Å². The molecule has 0 N–H and O–H groups in total. The number of rotatable bonds is 5. The lowest BCUT2D eigenvalue weighted by molar-refractivity contribution is -0.274. The van der Waals surface area contributed by atoms with Gasteiger partial charge in [-0.05, 0) is 45.8 Å². The van der Waals surface area contributed by atoms with Crippen molar-refractivity contribution >= 4 is 33.2 Å².